The van der Waals surface area contributed by atoms with Crippen LogP contribution in [0.1, 0.15) is 23.2 Å². The van der Waals surface area contributed by atoms with Gasteiger partial charge in [0.15, 0.2) is 0 Å². The van der Waals surface area contributed by atoms with Gasteiger partial charge in [0.25, 0.3) is 11.6 Å². The molecule has 1 heterocycles. The summed E-state index contributed by atoms with van der Waals surface area (Å²) in [5.74, 6) is -0.203. The van der Waals surface area contributed by atoms with Gasteiger partial charge >= 0.3 is 0 Å². The second kappa shape index (κ2) is 6.53. The van der Waals surface area contributed by atoms with Crippen LogP contribution in [0.5, 0.6) is 0 Å². The Hall–Kier alpha value is -1.47. The van der Waals surface area contributed by atoms with Crippen LogP contribution in [0.15, 0.2) is 22.7 Å². The van der Waals surface area contributed by atoms with Crippen LogP contribution in [-0.2, 0) is 0 Å². The lowest BCUT2D eigenvalue weighted by atomic mass is 10.1. The van der Waals surface area contributed by atoms with Crippen LogP contribution in [0.3, 0.4) is 0 Å². The van der Waals surface area contributed by atoms with E-state index in [0.29, 0.717) is 18.2 Å². The Bertz CT molecular complexity index is 564. The Morgan fingerprint density at radius 2 is 2.29 bits per heavy atom. The molecule has 0 aromatic heterocycles. The first-order valence-corrected chi connectivity index (χ1v) is 7.59. The number of amides is 1. The summed E-state index contributed by atoms with van der Waals surface area (Å²) >= 11 is 3.18. The molecule has 1 amide bonds. The van der Waals surface area contributed by atoms with Gasteiger partial charge in [-0.15, -0.1) is 0 Å². The standard InChI is InChI=1S/C14H18BrN3O3/c1-16-8-4-5-10(16)9-17(2)14(19)11-6-3-7-12(13(11)15)18(20)21/h3,6-7,10H,4-5,8-9H2,1-2H3. The third-order valence-electron chi connectivity index (χ3n) is 3.91. The number of likely N-dealkylation sites (tertiary alicyclic amines) is 1. The molecule has 0 N–H and O–H groups in total. The highest BCUT2D eigenvalue weighted by atomic mass is 79.9. The van der Waals surface area contributed by atoms with E-state index in [1.54, 1.807) is 18.0 Å². The van der Waals surface area contributed by atoms with Crippen LogP contribution in [0.4, 0.5) is 5.69 Å². The van der Waals surface area contributed by atoms with E-state index in [0.717, 1.165) is 19.4 Å². The minimum atomic E-state index is -0.494. The highest BCUT2D eigenvalue weighted by molar-refractivity contribution is 9.10. The second-order valence-corrected chi connectivity index (χ2v) is 6.15. The Morgan fingerprint density at radius 1 is 1.57 bits per heavy atom. The molecule has 1 aliphatic heterocycles. The fraction of sp³-hybridized carbons (Fsp3) is 0.500. The molecule has 1 saturated heterocycles. The summed E-state index contributed by atoms with van der Waals surface area (Å²) in [6, 6.07) is 4.88. The number of nitro benzene ring substituents is 1. The van der Waals surface area contributed by atoms with Gasteiger partial charge in [-0.25, -0.2) is 0 Å². The van der Waals surface area contributed by atoms with Crippen molar-refractivity contribution in [2.24, 2.45) is 0 Å². The van der Waals surface area contributed by atoms with Crippen molar-refractivity contribution < 1.29 is 9.72 Å². The maximum Gasteiger partial charge on any atom is 0.284 e. The average molecular weight is 356 g/mol. The number of likely N-dealkylation sites (N-methyl/N-ethyl adjacent to an activating group) is 2. The quantitative estimate of drug-likeness (QED) is 0.614. The molecule has 0 aliphatic carbocycles. The van der Waals surface area contributed by atoms with Gasteiger partial charge in [-0.05, 0) is 48.4 Å². The molecule has 0 bridgehead atoms. The zero-order valence-electron chi connectivity index (χ0n) is 12.1. The second-order valence-electron chi connectivity index (χ2n) is 5.36. The first kappa shape index (κ1) is 15.9. The van der Waals surface area contributed by atoms with Crippen LogP contribution < -0.4 is 0 Å². The molecule has 114 valence electrons. The van der Waals surface area contributed by atoms with Crippen LogP contribution >= 0.6 is 15.9 Å². The van der Waals surface area contributed by atoms with Crippen molar-refractivity contribution in [2.75, 3.05) is 27.2 Å². The Morgan fingerprint density at radius 3 is 2.86 bits per heavy atom. The summed E-state index contributed by atoms with van der Waals surface area (Å²) in [6.07, 6.45) is 2.22. The lowest BCUT2D eigenvalue weighted by Gasteiger charge is -2.26. The van der Waals surface area contributed by atoms with Crippen molar-refractivity contribution in [1.29, 1.82) is 0 Å². The number of rotatable bonds is 4. The van der Waals surface area contributed by atoms with E-state index in [1.807, 2.05) is 0 Å². The number of benzene rings is 1. The van der Waals surface area contributed by atoms with E-state index >= 15 is 0 Å². The van der Waals surface area contributed by atoms with Crippen LogP contribution in [0, 0.1) is 10.1 Å². The molecule has 0 radical (unpaired) electrons. The molecular weight excluding hydrogens is 338 g/mol. The summed E-state index contributed by atoms with van der Waals surface area (Å²) in [4.78, 5) is 26.8. The third-order valence-corrected chi connectivity index (χ3v) is 4.74. The number of halogens is 1. The van der Waals surface area contributed by atoms with Crippen molar-refractivity contribution in [3.05, 3.63) is 38.3 Å². The molecule has 1 aliphatic rings. The summed E-state index contributed by atoms with van der Waals surface area (Å²) in [5.41, 5.74) is 0.236. The number of carbonyl (C=O) groups is 1. The van der Waals surface area contributed by atoms with E-state index < -0.39 is 4.92 Å². The number of nitrogens with zero attached hydrogens (tertiary/aromatic N) is 3. The lowest BCUT2D eigenvalue weighted by molar-refractivity contribution is -0.385. The molecule has 6 nitrogen and oxygen atoms in total. The molecule has 0 spiro atoms. The predicted octanol–water partition coefficient (Wildman–Crippen LogP) is 2.52. The zero-order valence-corrected chi connectivity index (χ0v) is 13.7. The molecule has 1 aromatic carbocycles. The number of hydrogen-bond donors (Lipinski definition) is 0. The monoisotopic (exact) mass is 355 g/mol. The maximum absolute atomic E-state index is 12.5. The summed E-state index contributed by atoms with van der Waals surface area (Å²) in [6.45, 7) is 1.68. The SMILES string of the molecule is CN(CC1CCCN1C)C(=O)c1cccc([N+](=O)[O-])c1Br. The van der Waals surface area contributed by atoms with E-state index in [9.17, 15) is 14.9 Å². The van der Waals surface area contributed by atoms with E-state index in [2.05, 4.69) is 27.9 Å². The highest BCUT2D eigenvalue weighted by Crippen LogP contribution is 2.29. The molecular formula is C14H18BrN3O3. The van der Waals surface area contributed by atoms with Gasteiger partial charge in [-0.3, -0.25) is 14.9 Å². The predicted molar refractivity (Wildman–Crippen MR) is 83.4 cm³/mol. The smallest absolute Gasteiger partial charge is 0.284 e. The summed E-state index contributed by atoms with van der Waals surface area (Å²) in [7, 11) is 3.79. The normalized spacial score (nSPS) is 18.7. The van der Waals surface area contributed by atoms with E-state index in [-0.39, 0.29) is 16.1 Å². The molecule has 2 rings (SSSR count). The van der Waals surface area contributed by atoms with Crippen LogP contribution in [0.2, 0.25) is 0 Å². The van der Waals surface area contributed by atoms with Crippen molar-refractivity contribution in [1.82, 2.24) is 9.80 Å². The minimum Gasteiger partial charge on any atom is -0.340 e. The van der Waals surface area contributed by atoms with Gasteiger partial charge in [-0.2, -0.15) is 0 Å². The Labute approximate surface area is 132 Å². The number of nitro groups is 1. The first-order valence-electron chi connectivity index (χ1n) is 6.80. The fourth-order valence-corrected chi connectivity index (χ4v) is 3.22. The molecule has 1 aromatic rings. The van der Waals surface area contributed by atoms with Crippen molar-refractivity contribution in [2.45, 2.75) is 18.9 Å². The molecule has 1 unspecified atom stereocenters. The number of hydrogen-bond acceptors (Lipinski definition) is 4. The molecule has 1 fully saturated rings. The van der Waals surface area contributed by atoms with Gasteiger partial charge in [0.2, 0.25) is 0 Å². The molecule has 7 heteroatoms. The van der Waals surface area contributed by atoms with Gasteiger partial charge < -0.3 is 9.80 Å². The first-order chi connectivity index (χ1) is 9.91. The number of carbonyl (C=O) groups excluding carboxylic acids is 1. The van der Waals surface area contributed by atoms with Gasteiger partial charge in [0, 0.05) is 25.7 Å². The van der Waals surface area contributed by atoms with Crippen LogP contribution in [0.25, 0.3) is 0 Å². The Balaban J connectivity index is 2.16. The summed E-state index contributed by atoms with van der Waals surface area (Å²) < 4.78 is 0.242. The average Bonchev–Trinajstić information content (AvgIpc) is 2.83. The minimum absolute atomic E-state index is 0.0905. The largest absolute Gasteiger partial charge is 0.340 e. The lowest BCUT2D eigenvalue weighted by Crippen LogP contribution is -2.39. The summed E-state index contributed by atoms with van der Waals surface area (Å²) in [5, 5.41) is 10.9. The molecule has 21 heavy (non-hydrogen) atoms. The maximum atomic E-state index is 12.5. The highest BCUT2D eigenvalue weighted by Gasteiger charge is 2.26. The van der Waals surface area contributed by atoms with Gasteiger partial charge in [0.05, 0.1) is 10.5 Å². The van der Waals surface area contributed by atoms with E-state index in [4.69, 9.17) is 0 Å². The third kappa shape index (κ3) is 3.41. The van der Waals surface area contributed by atoms with Crippen molar-refractivity contribution in [3.63, 3.8) is 0 Å². The van der Waals surface area contributed by atoms with Crippen LogP contribution in [-0.4, -0.2) is 53.9 Å². The van der Waals surface area contributed by atoms with Gasteiger partial charge in [-0.1, -0.05) is 6.07 Å². The molecule has 1 atom stereocenters. The zero-order chi connectivity index (χ0) is 15.6. The fourth-order valence-electron chi connectivity index (χ4n) is 2.64. The Kier molecular flexibility index (Phi) is 4.95. The van der Waals surface area contributed by atoms with Crippen molar-refractivity contribution in [3.8, 4) is 0 Å². The topological polar surface area (TPSA) is 66.7 Å². The van der Waals surface area contributed by atoms with E-state index in [1.165, 1.54) is 12.1 Å². The van der Waals surface area contributed by atoms with Crippen molar-refractivity contribution >= 4 is 27.5 Å². The van der Waals surface area contributed by atoms with Gasteiger partial charge in [0.1, 0.15) is 4.47 Å². The molecule has 0 saturated carbocycles.